The van der Waals surface area contributed by atoms with Gasteiger partial charge in [-0.3, -0.25) is 23.4 Å². The number of esters is 2. The largest absolute Gasteiger partial charge is 0.480 e. The van der Waals surface area contributed by atoms with Crippen LogP contribution in [-0.2, 0) is 37.5 Å². The number of rotatable bonds is 37. The summed E-state index contributed by atoms with van der Waals surface area (Å²) in [7, 11) is -4.73. The van der Waals surface area contributed by atoms with E-state index in [1.807, 2.05) is 0 Å². The van der Waals surface area contributed by atoms with E-state index >= 15 is 0 Å². The minimum atomic E-state index is -4.73. The zero-order valence-corrected chi connectivity index (χ0v) is 34.2. The van der Waals surface area contributed by atoms with Crippen LogP contribution in [0, 0.1) is 0 Å². The van der Waals surface area contributed by atoms with Gasteiger partial charge >= 0.3 is 25.7 Å². The van der Waals surface area contributed by atoms with Crippen molar-refractivity contribution in [1.29, 1.82) is 0 Å². The summed E-state index contributed by atoms with van der Waals surface area (Å²) in [5, 5.41) is 8.87. The summed E-state index contributed by atoms with van der Waals surface area (Å²) >= 11 is 0. The van der Waals surface area contributed by atoms with Crippen molar-refractivity contribution < 1.29 is 47.5 Å². The Morgan fingerprint density at radius 2 is 1.04 bits per heavy atom. The topological polar surface area (TPSA) is 172 Å². The highest BCUT2D eigenvalue weighted by molar-refractivity contribution is 7.47. The molecule has 310 valence electrons. The van der Waals surface area contributed by atoms with Gasteiger partial charge in [-0.25, -0.2) is 4.57 Å². The molecule has 0 aromatic heterocycles. The molecule has 0 fully saturated rings. The third-order valence-corrected chi connectivity index (χ3v) is 9.20. The van der Waals surface area contributed by atoms with Crippen molar-refractivity contribution >= 4 is 25.7 Å². The summed E-state index contributed by atoms with van der Waals surface area (Å²) in [6.07, 6.45) is 41.5. The number of hydrogen-bond acceptors (Lipinski definition) is 9. The van der Waals surface area contributed by atoms with Gasteiger partial charge in [-0.2, -0.15) is 0 Å². The molecule has 0 aliphatic rings. The predicted molar refractivity (Wildman–Crippen MR) is 217 cm³/mol. The average Bonchev–Trinajstić information content (AvgIpc) is 3.14. The lowest BCUT2D eigenvalue weighted by atomic mass is 10.1. The Labute approximate surface area is 326 Å². The van der Waals surface area contributed by atoms with E-state index in [4.69, 9.17) is 24.8 Å². The monoisotopic (exact) mass is 781 g/mol. The molecule has 0 aliphatic carbocycles. The summed E-state index contributed by atoms with van der Waals surface area (Å²) in [6, 6.07) is -1.53. The van der Waals surface area contributed by atoms with E-state index in [0.717, 1.165) is 64.2 Å². The van der Waals surface area contributed by atoms with Gasteiger partial charge in [0.15, 0.2) is 6.10 Å². The van der Waals surface area contributed by atoms with Gasteiger partial charge in [0.05, 0.1) is 13.2 Å². The fraction of sp³-hybridized carbons (Fsp3) is 0.690. The third kappa shape index (κ3) is 36.2. The molecule has 0 aromatic rings. The van der Waals surface area contributed by atoms with Crippen LogP contribution in [0.3, 0.4) is 0 Å². The van der Waals surface area contributed by atoms with Gasteiger partial charge in [0.1, 0.15) is 12.6 Å². The number of ether oxygens (including phenoxy) is 2. The van der Waals surface area contributed by atoms with E-state index in [1.165, 1.54) is 51.4 Å². The van der Waals surface area contributed by atoms with Crippen LogP contribution >= 0.6 is 7.82 Å². The lowest BCUT2D eigenvalue weighted by Crippen LogP contribution is -2.34. The lowest BCUT2D eigenvalue weighted by molar-refractivity contribution is -0.161. The van der Waals surface area contributed by atoms with Crippen LogP contribution in [0.25, 0.3) is 0 Å². The van der Waals surface area contributed by atoms with Crippen molar-refractivity contribution in [3.8, 4) is 0 Å². The molecule has 0 amide bonds. The number of carbonyl (C=O) groups excluding carboxylic acids is 2. The summed E-state index contributed by atoms with van der Waals surface area (Å²) in [6.45, 7) is 2.61. The first-order valence-electron chi connectivity index (χ1n) is 20.3. The Morgan fingerprint density at radius 3 is 1.61 bits per heavy atom. The second kappa shape index (κ2) is 37.1. The number of phosphoric ester groups is 1. The highest BCUT2D eigenvalue weighted by Gasteiger charge is 2.28. The molecule has 12 heteroatoms. The van der Waals surface area contributed by atoms with Crippen molar-refractivity contribution in [2.45, 2.75) is 167 Å². The Morgan fingerprint density at radius 1 is 0.593 bits per heavy atom. The first kappa shape index (κ1) is 51.2. The van der Waals surface area contributed by atoms with Gasteiger partial charge in [-0.15, -0.1) is 0 Å². The maximum atomic E-state index is 12.6. The maximum Gasteiger partial charge on any atom is 0.472 e. The van der Waals surface area contributed by atoms with Crippen LogP contribution < -0.4 is 5.73 Å². The fourth-order valence-electron chi connectivity index (χ4n) is 5.05. The van der Waals surface area contributed by atoms with Crippen molar-refractivity contribution in [3.63, 3.8) is 0 Å². The number of phosphoric acid groups is 1. The SMILES string of the molecule is CC/C=C/C/C=C/C/C=C/C/C=C/CCCCC(=O)OC[C@H](COP(=O)(O)OC[C@H](N)C(=O)O)OC(=O)CCCCC/C=C/CCCCCCCCCC. The van der Waals surface area contributed by atoms with Crippen molar-refractivity contribution in [1.82, 2.24) is 0 Å². The summed E-state index contributed by atoms with van der Waals surface area (Å²) in [4.78, 5) is 45.8. The highest BCUT2D eigenvalue weighted by Crippen LogP contribution is 2.43. The van der Waals surface area contributed by atoms with E-state index in [-0.39, 0.29) is 19.4 Å². The Balaban J connectivity index is 4.51. The normalized spacial score (nSPS) is 14.4. The smallest absolute Gasteiger partial charge is 0.472 e. The van der Waals surface area contributed by atoms with E-state index < -0.39 is 51.1 Å². The molecule has 3 atom stereocenters. The Hall–Kier alpha value is -2.82. The van der Waals surface area contributed by atoms with Gasteiger partial charge in [-0.1, -0.05) is 126 Å². The first-order valence-corrected chi connectivity index (χ1v) is 21.8. The molecule has 0 saturated carbocycles. The molecule has 0 aromatic carbocycles. The molecule has 4 N–H and O–H groups in total. The van der Waals surface area contributed by atoms with E-state index in [1.54, 1.807) is 0 Å². The van der Waals surface area contributed by atoms with E-state index in [0.29, 0.717) is 12.8 Å². The minimum Gasteiger partial charge on any atom is -0.480 e. The van der Waals surface area contributed by atoms with Gasteiger partial charge in [-0.05, 0) is 77.0 Å². The molecule has 0 bridgehead atoms. The van der Waals surface area contributed by atoms with Crippen LogP contribution in [-0.4, -0.2) is 59.9 Å². The van der Waals surface area contributed by atoms with E-state index in [2.05, 4.69) is 79.1 Å². The molecular weight excluding hydrogens is 709 g/mol. The number of nitrogens with two attached hydrogens (primary N) is 1. The highest BCUT2D eigenvalue weighted by atomic mass is 31.2. The van der Waals surface area contributed by atoms with E-state index in [9.17, 15) is 23.8 Å². The molecular formula is C42H72NO10P. The quantitative estimate of drug-likeness (QED) is 0.0237. The van der Waals surface area contributed by atoms with Crippen LogP contribution in [0.5, 0.6) is 0 Å². The summed E-state index contributed by atoms with van der Waals surface area (Å²) in [5.41, 5.74) is 5.32. The molecule has 0 aliphatic heterocycles. The first-order chi connectivity index (χ1) is 26.1. The van der Waals surface area contributed by atoms with Crippen LogP contribution in [0.15, 0.2) is 60.8 Å². The minimum absolute atomic E-state index is 0.129. The lowest BCUT2D eigenvalue weighted by Gasteiger charge is -2.20. The number of aliphatic carboxylic acids is 1. The number of unbranched alkanes of at least 4 members (excludes halogenated alkanes) is 13. The summed E-state index contributed by atoms with van der Waals surface area (Å²) < 4.78 is 32.6. The number of carboxylic acid groups (broad SMARTS) is 1. The average molecular weight is 782 g/mol. The molecule has 11 nitrogen and oxygen atoms in total. The third-order valence-electron chi connectivity index (χ3n) is 8.25. The maximum absolute atomic E-state index is 12.6. The Kier molecular flexibility index (Phi) is 35.2. The van der Waals surface area contributed by atoms with Gasteiger partial charge < -0.3 is 25.2 Å². The second-order valence-electron chi connectivity index (χ2n) is 13.4. The second-order valence-corrected chi connectivity index (χ2v) is 14.8. The van der Waals surface area contributed by atoms with Gasteiger partial charge in [0.2, 0.25) is 0 Å². The predicted octanol–water partition coefficient (Wildman–Crippen LogP) is 10.4. The molecule has 54 heavy (non-hydrogen) atoms. The molecule has 0 rings (SSSR count). The molecule has 0 heterocycles. The molecule has 1 unspecified atom stereocenters. The summed E-state index contributed by atoms with van der Waals surface area (Å²) in [5.74, 6) is -2.46. The van der Waals surface area contributed by atoms with Gasteiger partial charge in [0.25, 0.3) is 0 Å². The van der Waals surface area contributed by atoms with Crippen molar-refractivity contribution in [2.24, 2.45) is 5.73 Å². The number of allylic oxidation sites excluding steroid dienone is 10. The zero-order valence-electron chi connectivity index (χ0n) is 33.3. The van der Waals surface area contributed by atoms with Crippen molar-refractivity contribution in [3.05, 3.63) is 60.8 Å². The molecule has 0 saturated heterocycles. The van der Waals surface area contributed by atoms with Gasteiger partial charge in [0, 0.05) is 12.8 Å². The van der Waals surface area contributed by atoms with Crippen molar-refractivity contribution in [2.75, 3.05) is 19.8 Å². The van der Waals surface area contributed by atoms with Crippen LogP contribution in [0.2, 0.25) is 0 Å². The Bertz CT molecular complexity index is 1150. The number of carbonyl (C=O) groups is 3. The number of hydrogen-bond donors (Lipinski definition) is 3. The van der Waals surface area contributed by atoms with Crippen LogP contribution in [0.4, 0.5) is 0 Å². The standard InChI is InChI=1S/C42H72NO10P/c1-3-5-7-9-11-13-15-17-19-21-23-25-27-29-31-33-40(44)50-35-38(36-51-54(48,49)52-37-39(43)42(46)47)53-41(45)34-32-30-28-26-24-22-20-18-16-14-12-10-8-6-4-2/h5,7,11,13,17,19,22-25,38-39H,3-4,6,8-10,12,14-16,18,20-21,26-37,43H2,1-2H3,(H,46,47)(H,48,49)/b7-5+,13-11+,19-17+,24-22+,25-23+/t38-,39+/m1/s1. The van der Waals surface area contributed by atoms with Crippen LogP contribution in [0.1, 0.15) is 155 Å². The fourth-order valence-corrected chi connectivity index (χ4v) is 5.83. The zero-order chi connectivity index (χ0) is 40.0. The molecule has 0 radical (unpaired) electrons. The number of carboxylic acids is 1. The molecule has 0 spiro atoms.